The molecule has 0 unspecified atom stereocenters. The molecule has 0 aromatic heterocycles. The number of urea groups is 1. The number of amides is 2. The normalized spacial score (nSPS) is 24.1. The third-order valence-corrected chi connectivity index (χ3v) is 2.88. The van der Waals surface area contributed by atoms with Crippen LogP contribution in [0, 0.1) is 5.92 Å². The molecule has 88 valence electrons. The van der Waals surface area contributed by atoms with Crippen molar-refractivity contribution in [2.45, 2.75) is 39.8 Å². The summed E-state index contributed by atoms with van der Waals surface area (Å²) in [7, 11) is 0. The fraction of sp³-hybridized carbons (Fsp3) is 0.909. The van der Waals surface area contributed by atoms with E-state index in [0.717, 1.165) is 0 Å². The van der Waals surface area contributed by atoms with Gasteiger partial charge in [-0.25, -0.2) is 4.79 Å². The van der Waals surface area contributed by atoms with E-state index in [1.807, 2.05) is 18.7 Å². The van der Waals surface area contributed by atoms with Crippen molar-refractivity contribution in [3.63, 3.8) is 0 Å². The molecule has 0 radical (unpaired) electrons. The summed E-state index contributed by atoms with van der Waals surface area (Å²) in [6.45, 7) is 10.3. The highest BCUT2D eigenvalue weighted by Crippen LogP contribution is 2.06. The average Bonchev–Trinajstić information content (AvgIpc) is 2.17. The zero-order valence-electron chi connectivity index (χ0n) is 10.1. The second-order valence-corrected chi connectivity index (χ2v) is 4.61. The van der Waals surface area contributed by atoms with Crippen molar-refractivity contribution >= 4 is 6.03 Å². The zero-order chi connectivity index (χ0) is 11.4. The number of hydrogen-bond acceptors (Lipinski definition) is 2. The number of hydrogen-bond donors (Lipinski definition) is 1. The second-order valence-electron chi connectivity index (χ2n) is 4.61. The number of carbonyl (C=O) groups is 1. The highest BCUT2D eigenvalue weighted by Gasteiger charge is 2.22. The van der Waals surface area contributed by atoms with E-state index in [9.17, 15) is 4.79 Å². The first-order chi connectivity index (χ1) is 7.00. The van der Waals surface area contributed by atoms with Gasteiger partial charge in [-0.15, -0.1) is 0 Å². The molecule has 1 aliphatic rings. The molecule has 1 fully saturated rings. The molecule has 0 aliphatic carbocycles. The highest BCUT2D eigenvalue weighted by atomic mass is 16.5. The molecule has 1 N–H and O–H groups in total. The van der Waals surface area contributed by atoms with Gasteiger partial charge in [-0.2, -0.15) is 0 Å². The lowest BCUT2D eigenvalue weighted by Crippen LogP contribution is -2.51. The topological polar surface area (TPSA) is 41.6 Å². The van der Waals surface area contributed by atoms with Crippen LogP contribution in [-0.4, -0.2) is 42.8 Å². The molecule has 4 nitrogen and oxygen atoms in total. The molecular formula is C11H22N2O2. The predicted molar refractivity (Wildman–Crippen MR) is 59.8 cm³/mol. The maximum absolute atomic E-state index is 11.8. The first-order valence-corrected chi connectivity index (χ1v) is 5.67. The zero-order valence-corrected chi connectivity index (χ0v) is 10.1. The maximum atomic E-state index is 11.8. The van der Waals surface area contributed by atoms with Gasteiger partial charge in [-0.05, 0) is 19.8 Å². The smallest absolute Gasteiger partial charge is 0.317 e. The standard InChI is InChI=1S/C11H22N2O2/c1-8(2)10(4)12-11(14)13-5-6-15-9(3)7-13/h8-10H,5-7H2,1-4H3,(H,12,14)/t9-,10+/m0/s1. The Bertz CT molecular complexity index is 219. The van der Waals surface area contributed by atoms with Crippen molar-refractivity contribution in [3.8, 4) is 0 Å². The summed E-state index contributed by atoms with van der Waals surface area (Å²) in [5.74, 6) is 0.465. The number of nitrogens with zero attached hydrogens (tertiary/aromatic N) is 1. The van der Waals surface area contributed by atoms with E-state index in [1.54, 1.807) is 0 Å². The van der Waals surface area contributed by atoms with Gasteiger partial charge in [0.15, 0.2) is 0 Å². The van der Waals surface area contributed by atoms with Crippen molar-refractivity contribution in [1.29, 1.82) is 0 Å². The van der Waals surface area contributed by atoms with Crippen LogP contribution < -0.4 is 5.32 Å². The lowest BCUT2D eigenvalue weighted by molar-refractivity contribution is -0.00398. The quantitative estimate of drug-likeness (QED) is 0.756. The van der Waals surface area contributed by atoms with E-state index in [2.05, 4.69) is 19.2 Å². The van der Waals surface area contributed by atoms with Crippen LogP contribution >= 0.6 is 0 Å². The van der Waals surface area contributed by atoms with Gasteiger partial charge < -0.3 is 15.0 Å². The van der Waals surface area contributed by atoms with Gasteiger partial charge in [0.05, 0.1) is 12.7 Å². The molecule has 2 atom stereocenters. The number of ether oxygens (including phenoxy) is 1. The maximum Gasteiger partial charge on any atom is 0.317 e. The van der Waals surface area contributed by atoms with Gasteiger partial charge in [0.1, 0.15) is 0 Å². The summed E-state index contributed by atoms with van der Waals surface area (Å²) >= 11 is 0. The molecule has 1 rings (SSSR count). The van der Waals surface area contributed by atoms with Gasteiger partial charge in [0.2, 0.25) is 0 Å². The number of carbonyl (C=O) groups excluding carboxylic acids is 1. The van der Waals surface area contributed by atoms with Crippen LogP contribution in [0.1, 0.15) is 27.7 Å². The van der Waals surface area contributed by atoms with Crippen LogP contribution in [0.4, 0.5) is 4.79 Å². The summed E-state index contributed by atoms with van der Waals surface area (Å²) in [4.78, 5) is 13.6. The van der Waals surface area contributed by atoms with Gasteiger partial charge >= 0.3 is 6.03 Å². The highest BCUT2D eigenvalue weighted by molar-refractivity contribution is 5.74. The fourth-order valence-electron chi connectivity index (χ4n) is 1.46. The Morgan fingerprint density at radius 3 is 2.67 bits per heavy atom. The molecule has 0 bridgehead atoms. The molecular weight excluding hydrogens is 192 g/mol. The van der Waals surface area contributed by atoms with Crippen LogP contribution in [-0.2, 0) is 4.74 Å². The number of morpholine rings is 1. The Morgan fingerprint density at radius 1 is 1.47 bits per heavy atom. The first kappa shape index (κ1) is 12.3. The summed E-state index contributed by atoms with van der Waals surface area (Å²) in [5, 5.41) is 3.00. The third kappa shape index (κ3) is 3.70. The van der Waals surface area contributed by atoms with E-state index in [4.69, 9.17) is 4.74 Å². The molecule has 0 spiro atoms. The largest absolute Gasteiger partial charge is 0.375 e. The first-order valence-electron chi connectivity index (χ1n) is 5.67. The Kier molecular flexibility index (Phi) is 4.39. The number of rotatable bonds is 2. The Balaban J connectivity index is 2.39. The molecule has 0 aromatic rings. The summed E-state index contributed by atoms with van der Waals surface area (Å²) < 4.78 is 5.39. The van der Waals surface area contributed by atoms with Crippen LogP contribution in [0.25, 0.3) is 0 Å². The van der Waals surface area contributed by atoms with E-state index < -0.39 is 0 Å². The van der Waals surface area contributed by atoms with Crippen LogP contribution in [0.5, 0.6) is 0 Å². The lowest BCUT2D eigenvalue weighted by atomic mass is 10.1. The minimum atomic E-state index is 0.0337. The fourth-order valence-corrected chi connectivity index (χ4v) is 1.46. The third-order valence-electron chi connectivity index (χ3n) is 2.88. The molecule has 0 aromatic carbocycles. The molecule has 2 amide bonds. The Morgan fingerprint density at radius 2 is 2.13 bits per heavy atom. The Labute approximate surface area is 92.0 Å². The van der Waals surface area contributed by atoms with Crippen molar-refractivity contribution in [1.82, 2.24) is 10.2 Å². The van der Waals surface area contributed by atoms with E-state index in [0.29, 0.717) is 25.6 Å². The molecule has 1 saturated heterocycles. The van der Waals surface area contributed by atoms with E-state index in [1.165, 1.54) is 0 Å². The van der Waals surface area contributed by atoms with Crippen LogP contribution in [0.15, 0.2) is 0 Å². The second kappa shape index (κ2) is 5.35. The molecule has 1 heterocycles. The predicted octanol–water partition coefficient (Wildman–Crippen LogP) is 1.46. The van der Waals surface area contributed by atoms with Gasteiger partial charge in [0, 0.05) is 19.1 Å². The van der Waals surface area contributed by atoms with Crippen molar-refractivity contribution < 1.29 is 9.53 Å². The molecule has 4 heteroatoms. The molecule has 15 heavy (non-hydrogen) atoms. The van der Waals surface area contributed by atoms with E-state index >= 15 is 0 Å². The minimum absolute atomic E-state index is 0.0337. The molecule has 0 saturated carbocycles. The van der Waals surface area contributed by atoms with Crippen molar-refractivity contribution in [2.75, 3.05) is 19.7 Å². The number of nitrogens with one attached hydrogen (secondary N) is 1. The van der Waals surface area contributed by atoms with Crippen LogP contribution in [0.3, 0.4) is 0 Å². The van der Waals surface area contributed by atoms with Crippen LogP contribution in [0.2, 0.25) is 0 Å². The van der Waals surface area contributed by atoms with E-state index in [-0.39, 0.29) is 18.2 Å². The van der Waals surface area contributed by atoms with Crippen molar-refractivity contribution in [3.05, 3.63) is 0 Å². The minimum Gasteiger partial charge on any atom is -0.375 e. The lowest BCUT2D eigenvalue weighted by Gasteiger charge is -2.32. The Hall–Kier alpha value is -0.770. The summed E-state index contributed by atoms with van der Waals surface area (Å²) in [6, 6.07) is 0.252. The van der Waals surface area contributed by atoms with Gasteiger partial charge in [0.25, 0.3) is 0 Å². The average molecular weight is 214 g/mol. The van der Waals surface area contributed by atoms with Crippen molar-refractivity contribution in [2.24, 2.45) is 5.92 Å². The monoisotopic (exact) mass is 214 g/mol. The van der Waals surface area contributed by atoms with Gasteiger partial charge in [-0.1, -0.05) is 13.8 Å². The van der Waals surface area contributed by atoms with Gasteiger partial charge in [-0.3, -0.25) is 0 Å². The molecule has 1 aliphatic heterocycles. The SMILES string of the molecule is CC(C)[C@@H](C)NC(=O)N1CCO[C@@H](C)C1. The summed E-state index contributed by atoms with van der Waals surface area (Å²) in [5.41, 5.74) is 0. The summed E-state index contributed by atoms with van der Waals surface area (Å²) in [6.07, 6.45) is 0.152.